The molecule has 1 saturated carbocycles. The summed E-state index contributed by atoms with van der Waals surface area (Å²) in [7, 11) is -2.84. The molecule has 2 fully saturated rings. The first-order chi connectivity index (χ1) is 8.81. The Kier molecular flexibility index (Phi) is 4.97. The fourth-order valence-electron chi connectivity index (χ4n) is 3.75. The highest BCUT2D eigenvalue weighted by atomic mass is 28.4. The minimum Gasteiger partial charge on any atom is -0.455 e. The molecule has 19 heavy (non-hydrogen) atoms. The predicted octanol–water partition coefficient (Wildman–Crippen LogP) is 4.78. The Hall–Kier alpha value is 0.354. The standard InChI is InChI=1S/C15H32O2Si2/c1-6-10-18(2,3)17-19(4,5)11-9-13-7-8-14-15(12-13)16-14/h13-15H,6-12H2,1-5H3. The van der Waals surface area contributed by atoms with E-state index in [1.165, 1.54) is 44.2 Å². The van der Waals surface area contributed by atoms with Crippen molar-refractivity contribution in [2.24, 2.45) is 5.92 Å². The third-order valence-corrected chi connectivity index (χ3v) is 12.3. The molecule has 2 rings (SSSR count). The van der Waals surface area contributed by atoms with Crippen molar-refractivity contribution >= 4 is 16.6 Å². The van der Waals surface area contributed by atoms with Crippen LogP contribution < -0.4 is 0 Å². The topological polar surface area (TPSA) is 21.8 Å². The van der Waals surface area contributed by atoms with Gasteiger partial charge in [0.05, 0.1) is 12.2 Å². The van der Waals surface area contributed by atoms with Crippen LogP contribution in [-0.4, -0.2) is 28.8 Å². The van der Waals surface area contributed by atoms with Crippen molar-refractivity contribution < 1.29 is 8.85 Å². The molecule has 0 N–H and O–H groups in total. The van der Waals surface area contributed by atoms with E-state index in [4.69, 9.17) is 8.85 Å². The molecule has 0 aromatic rings. The zero-order valence-electron chi connectivity index (χ0n) is 13.5. The maximum Gasteiger partial charge on any atom is 0.173 e. The first-order valence-electron chi connectivity index (χ1n) is 8.17. The van der Waals surface area contributed by atoms with Crippen LogP contribution in [0.5, 0.6) is 0 Å². The third kappa shape index (κ3) is 4.99. The van der Waals surface area contributed by atoms with Crippen LogP contribution in [0.4, 0.5) is 0 Å². The number of epoxide rings is 1. The number of rotatable bonds is 7. The number of ether oxygens (including phenoxy) is 1. The molecule has 3 atom stereocenters. The Labute approximate surface area is 121 Å². The van der Waals surface area contributed by atoms with Gasteiger partial charge in [0.2, 0.25) is 0 Å². The summed E-state index contributed by atoms with van der Waals surface area (Å²) >= 11 is 0. The van der Waals surface area contributed by atoms with E-state index in [-0.39, 0.29) is 0 Å². The van der Waals surface area contributed by atoms with Crippen molar-refractivity contribution in [3.8, 4) is 0 Å². The molecule has 112 valence electrons. The molecule has 3 unspecified atom stereocenters. The smallest absolute Gasteiger partial charge is 0.173 e. The summed E-state index contributed by atoms with van der Waals surface area (Å²) in [6.07, 6.45) is 7.96. The molecule has 0 aromatic carbocycles. The SMILES string of the molecule is CCC[Si](C)(C)O[Si](C)(C)CCC1CCC2OC2C1. The van der Waals surface area contributed by atoms with E-state index < -0.39 is 16.6 Å². The van der Waals surface area contributed by atoms with Gasteiger partial charge in [0.15, 0.2) is 16.6 Å². The molecular formula is C15H32O2Si2. The van der Waals surface area contributed by atoms with Crippen molar-refractivity contribution in [3.05, 3.63) is 0 Å². The summed E-state index contributed by atoms with van der Waals surface area (Å²) in [5, 5.41) is 0. The molecule has 2 nitrogen and oxygen atoms in total. The monoisotopic (exact) mass is 300 g/mol. The largest absolute Gasteiger partial charge is 0.455 e. The van der Waals surface area contributed by atoms with E-state index in [9.17, 15) is 0 Å². The van der Waals surface area contributed by atoms with Crippen LogP contribution in [0.15, 0.2) is 0 Å². The Morgan fingerprint density at radius 2 is 1.68 bits per heavy atom. The van der Waals surface area contributed by atoms with E-state index in [1.54, 1.807) is 0 Å². The Morgan fingerprint density at radius 3 is 2.32 bits per heavy atom. The second-order valence-electron chi connectivity index (χ2n) is 7.80. The summed E-state index contributed by atoms with van der Waals surface area (Å²) in [6, 6.07) is 2.65. The minimum atomic E-state index is -1.45. The fraction of sp³-hybridized carbons (Fsp3) is 1.00. The van der Waals surface area contributed by atoms with Crippen molar-refractivity contribution in [3.63, 3.8) is 0 Å². The van der Waals surface area contributed by atoms with Crippen molar-refractivity contribution in [1.82, 2.24) is 0 Å². The summed E-state index contributed by atoms with van der Waals surface area (Å²) < 4.78 is 12.3. The van der Waals surface area contributed by atoms with Gasteiger partial charge in [0, 0.05) is 0 Å². The Bertz CT molecular complexity index is 305. The van der Waals surface area contributed by atoms with Gasteiger partial charge in [-0.3, -0.25) is 0 Å². The fourth-order valence-corrected chi connectivity index (χ4v) is 12.9. The normalized spacial score (nSPS) is 31.1. The van der Waals surface area contributed by atoms with E-state index in [0.717, 1.165) is 5.92 Å². The van der Waals surface area contributed by atoms with Gasteiger partial charge < -0.3 is 8.85 Å². The van der Waals surface area contributed by atoms with Crippen LogP contribution in [0.1, 0.15) is 39.0 Å². The van der Waals surface area contributed by atoms with Crippen LogP contribution in [0.25, 0.3) is 0 Å². The summed E-state index contributed by atoms with van der Waals surface area (Å²) in [5.74, 6) is 0.912. The number of hydrogen-bond donors (Lipinski definition) is 0. The number of hydrogen-bond acceptors (Lipinski definition) is 2. The lowest BCUT2D eigenvalue weighted by Gasteiger charge is -2.35. The van der Waals surface area contributed by atoms with Crippen LogP contribution in [0.2, 0.25) is 38.3 Å². The van der Waals surface area contributed by atoms with Gasteiger partial charge in [-0.15, -0.1) is 0 Å². The molecule has 4 heteroatoms. The lowest BCUT2D eigenvalue weighted by Crippen LogP contribution is -2.44. The molecule has 2 aliphatic rings. The van der Waals surface area contributed by atoms with Crippen molar-refractivity contribution in [2.45, 2.75) is 89.5 Å². The molecule has 1 saturated heterocycles. The molecular weight excluding hydrogens is 268 g/mol. The molecule has 0 spiro atoms. The van der Waals surface area contributed by atoms with Gasteiger partial charge in [-0.1, -0.05) is 19.8 Å². The van der Waals surface area contributed by atoms with Gasteiger partial charge in [0.1, 0.15) is 0 Å². The first kappa shape index (κ1) is 15.7. The highest BCUT2D eigenvalue weighted by molar-refractivity contribution is 6.84. The zero-order valence-corrected chi connectivity index (χ0v) is 15.5. The highest BCUT2D eigenvalue weighted by Gasteiger charge is 2.44. The predicted molar refractivity (Wildman–Crippen MR) is 86.6 cm³/mol. The van der Waals surface area contributed by atoms with E-state index >= 15 is 0 Å². The summed E-state index contributed by atoms with van der Waals surface area (Å²) in [4.78, 5) is 0. The van der Waals surface area contributed by atoms with Crippen molar-refractivity contribution in [1.29, 1.82) is 0 Å². The second kappa shape index (κ2) is 6.00. The number of fused-ring (bicyclic) bond motifs is 1. The van der Waals surface area contributed by atoms with E-state index in [2.05, 4.69) is 33.1 Å². The van der Waals surface area contributed by atoms with E-state index in [1.807, 2.05) is 0 Å². The Balaban J connectivity index is 1.73. The van der Waals surface area contributed by atoms with Crippen LogP contribution in [0, 0.1) is 5.92 Å². The maximum atomic E-state index is 6.64. The average Bonchev–Trinajstić information content (AvgIpc) is 3.02. The zero-order chi connectivity index (χ0) is 14.1. The van der Waals surface area contributed by atoms with Crippen LogP contribution in [0.3, 0.4) is 0 Å². The molecule has 0 radical (unpaired) electrons. The molecule has 0 aromatic heterocycles. The molecule has 1 heterocycles. The molecule has 0 bridgehead atoms. The lowest BCUT2D eigenvalue weighted by molar-refractivity contribution is 0.355. The minimum absolute atomic E-state index is 0.635. The highest BCUT2D eigenvalue weighted by Crippen LogP contribution is 2.41. The van der Waals surface area contributed by atoms with Crippen LogP contribution >= 0.6 is 0 Å². The molecule has 1 aliphatic carbocycles. The van der Waals surface area contributed by atoms with Gasteiger partial charge >= 0.3 is 0 Å². The second-order valence-corrected chi connectivity index (χ2v) is 16.7. The molecule has 1 aliphatic heterocycles. The maximum absolute atomic E-state index is 6.64. The van der Waals surface area contributed by atoms with Gasteiger partial charge in [0.25, 0.3) is 0 Å². The van der Waals surface area contributed by atoms with Crippen molar-refractivity contribution in [2.75, 3.05) is 0 Å². The van der Waals surface area contributed by atoms with Gasteiger partial charge in [-0.25, -0.2) is 0 Å². The Morgan fingerprint density at radius 1 is 1.00 bits per heavy atom. The van der Waals surface area contributed by atoms with E-state index in [0.29, 0.717) is 12.2 Å². The molecule has 0 amide bonds. The quantitative estimate of drug-likeness (QED) is 0.498. The third-order valence-electron chi connectivity index (χ3n) is 4.67. The summed E-state index contributed by atoms with van der Waals surface area (Å²) in [6.45, 7) is 11.9. The average molecular weight is 301 g/mol. The van der Waals surface area contributed by atoms with Crippen LogP contribution in [-0.2, 0) is 8.85 Å². The van der Waals surface area contributed by atoms with Gasteiger partial charge in [-0.2, -0.15) is 0 Å². The van der Waals surface area contributed by atoms with Gasteiger partial charge in [-0.05, 0) is 63.5 Å². The summed E-state index contributed by atoms with van der Waals surface area (Å²) in [5.41, 5.74) is 0. The first-order valence-corrected chi connectivity index (χ1v) is 14.4. The lowest BCUT2D eigenvalue weighted by atomic mass is 9.88.